The smallest absolute Gasteiger partial charge is 0.416 e. The van der Waals surface area contributed by atoms with Crippen LogP contribution in [0.5, 0.6) is 0 Å². The first-order chi connectivity index (χ1) is 13.3. The molecule has 2 aromatic heterocycles. The summed E-state index contributed by atoms with van der Waals surface area (Å²) in [5, 5.41) is 7.97. The van der Waals surface area contributed by atoms with Crippen molar-refractivity contribution in [2.24, 2.45) is 0 Å². The SMILES string of the molecule is O=C(COC(=O)Cc1cccs1)Nc1cc(C(F)(F)F)ccc1-n1cncn1. The molecule has 0 aliphatic heterocycles. The normalized spacial score (nSPS) is 11.2. The molecule has 0 fully saturated rings. The molecule has 0 saturated heterocycles. The minimum atomic E-state index is -4.59. The number of carbonyl (C=O) groups is 2. The van der Waals surface area contributed by atoms with Crippen LogP contribution in [0.3, 0.4) is 0 Å². The summed E-state index contributed by atoms with van der Waals surface area (Å²) in [6.45, 7) is -0.628. The second kappa shape index (κ2) is 8.21. The maximum absolute atomic E-state index is 13.0. The maximum atomic E-state index is 13.0. The third-order valence-electron chi connectivity index (χ3n) is 3.53. The molecule has 1 N–H and O–H groups in total. The summed E-state index contributed by atoms with van der Waals surface area (Å²) < 4.78 is 45.1. The quantitative estimate of drug-likeness (QED) is 0.632. The summed E-state index contributed by atoms with van der Waals surface area (Å²) in [4.78, 5) is 28.3. The lowest BCUT2D eigenvalue weighted by Crippen LogP contribution is -2.22. The van der Waals surface area contributed by atoms with Crippen molar-refractivity contribution in [1.29, 1.82) is 0 Å². The molecule has 3 aromatic rings. The van der Waals surface area contributed by atoms with Crippen molar-refractivity contribution in [2.75, 3.05) is 11.9 Å². The lowest BCUT2D eigenvalue weighted by Gasteiger charge is -2.14. The molecule has 2 heterocycles. The number of aromatic nitrogens is 3. The molecule has 0 bridgehead atoms. The molecule has 0 atom stereocenters. The third kappa shape index (κ3) is 4.94. The van der Waals surface area contributed by atoms with E-state index in [2.05, 4.69) is 15.4 Å². The number of nitrogens with one attached hydrogen (secondary N) is 1. The fourth-order valence-electron chi connectivity index (χ4n) is 2.28. The Balaban J connectivity index is 1.70. The van der Waals surface area contributed by atoms with Gasteiger partial charge in [0.2, 0.25) is 0 Å². The van der Waals surface area contributed by atoms with E-state index in [-0.39, 0.29) is 17.8 Å². The average Bonchev–Trinajstić information content (AvgIpc) is 3.33. The summed E-state index contributed by atoms with van der Waals surface area (Å²) in [7, 11) is 0. The topological polar surface area (TPSA) is 86.1 Å². The molecule has 0 aliphatic carbocycles. The largest absolute Gasteiger partial charge is 0.455 e. The van der Waals surface area contributed by atoms with Gasteiger partial charge in [0.05, 0.1) is 23.4 Å². The number of anilines is 1. The van der Waals surface area contributed by atoms with Crippen molar-refractivity contribution in [3.05, 3.63) is 58.8 Å². The highest BCUT2D eigenvalue weighted by Crippen LogP contribution is 2.33. The van der Waals surface area contributed by atoms with E-state index >= 15 is 0 Å². The molecule has 146 valence electrons. The van der Waals surface area contributed by atoms with Crippen LogP contribution in [-0.4, -0.2) is 33.2 Å². The molecule has 0 saturated carbocycles. The van der Waals surface area contributed by atoms with Crippen LogP contribution in [-0.2, 0) is 26.9 Å². The van der Waals surface area contributed by atoms with Crippen LogP contribution in [0.25, 0.3) is 5.69 Å². The lowest BCUT2D eigenvalue weighted by atomic mass is 10.1. The standard InChI is InChI=1S/C17H13F3N4O3S/c18-17(19,20)11-3-4-14(24-10-21-9-22-24)13(6-11)23-15(25)8-27-16(26)7-12-2-1-5-28-12/h1-6,9-10H,7-8H2,(H,23,25). The van der Waals surface area contributed by atoms with Gasteiger partial charge >= 0.3 is 12.1 Å². The molecule has 0 spiro atoms. The predicted octanol–water partition coefficient (Wildman–Crippen LogP) is 3.07. The fourth-order valence-corrected chi connectivity index (χ4v) is 2.97. The fraction of sp³-hybridized carbons (Fsp3) is 0.176. The Morgan fingerprint density at radius 1 is 1.25 bits per heavy atom. The van der Waals surface area contributed by atoms with E-state index in [1.54, 1.807) is 17.5 Å². The van der Waals surface area contributed by atoms with Gasteiger partial charge in [0.1, 0.15) is 12.7 Å². The number of carbonyl (C=O) groups excluding carboxylic acids is 2. The highest BCUT2D eigenvalue weighted by Gasteiger charge is 2.31. The third-order valence-corrected chi connectivity index (χ3v) is 4.40. The van der Waals surface area contributed by atoms with Gasteiger partial charge in [0.15, 0.2) is 6.61 Å². The Hall–Kier alpha value is -3.21. The van der Waals surface area contributed by atoms with Gasteiger partial charge in [0, 0.05) is 4.88 Å². The number of thiophene rings is 1. The molecule has 1 amide bonds. The van der Waals surface area contributed by atoms with Crippen LogP contribution in [0.15, 0.2) is 48.4 Å². The van der Waals surface area contributed by atoms with E-state index in [0.29, 0.717) is 0 Å². The van der Waals surface area contributed by atoms with Crippen molar-refractivity contribution in [2.45, 2.75) is 12.6 Å². The Labute approximate surface area is 160 Å². The highest BCUT2D eigenvalue weighted by molar-refractivity contribution is 7.10. The second-order valence-corrected chi connectivity index (χ2v) is 6.57. The number of hydrogen-bond donors (Lipinski definition) is 1. The predicted molar refractivity (Wildman–Crippen MR) is 94.0 cm³/mol. The van der Waals surface area contributed by atoms with Gasteiger partial charge in [-0.25, -0.2) is 9.67 Å². The van der Waals surface area contributed by atoms with E-state index in [9.17, 15) is 22.8 Å². The zero-order valence-corrected chi connectivity index (χ0v) is 15.0. The monoisotopic (exact) mass is 410 g/mol. The molecule has 0 radical (unpaired) electrons. The number of rotatable bonds is 6. The Kier molecular flexibility index (Phi) is 5.73. The summed E-state index contributed by atoms with van der Waals surface area (Å²) in [5.74, 6) is -1.39. The van der Waals surface area contributed by atoms with E-state index in [4.69, 9.17) is 4.74 Å². The summed E-state index contributed by atoms with van der Waals surface area (Å²) >= 11 is 1.37. The minimum Gasteiger partial charge on any atom is -0.455 e. The highest BCUT2D eigenvalue weighted by atomic mass is 32.1. The number of benzene rings is 1. The van der Waals surface area contributed by atoms with Crippen LogP contribution in [0.1, 0.15) is 10.4 Å². The second-order valence-electron chi connectivity index (χ2n) is 5.53. The van der Waals surface area contributed by atoms with E-state index in [1.807, 2.05) is 0 Å². The molecule has 1 aromatic carbocycles. The maximum Gasteiger partial charge on any atom is 0.416 e. The minimum absolute atomic E-state index is 0.0126. The molecule has 28 heavy (non-hydrogen) atoms. The number of nitrogens with zero attached hydrogens (tertiary/aromatic N) is 3. The molecule has 7 nitrogen and oxygen atoms in total. The Morgan fingerprint density at radius 3 is 2.71 bits per heavy atom. The number of hydrogen-bond acceptors (Lipinski definition) is 6. The first-order valence-electron chi connectivity index (χ1n) is 7.87. The molecule has 11 heteroatoms. The number of alkyl halides is 3. The molecule has 3 rings (SSSR count). The first-order valence-corrected chi connectivity index (χ1v) is 8.75. The van der Waals surface area contributed by atoms with Crippen molar-refractivity contribution < 1.29 is 27.5 Å². The lowest BCUT2D eigenvalue weighted by molar-refractivity contribution is -0.146. The number of esters is 1. The van der Waals surface area contributed by atoms with Crippen molar-refractivity contribution >= 4 is 28.9 Å². The number of ether oxygens (including phenoxy) is 1. The molecule has 0 unspecified atom stereocenters. The van der Waals surface area contributed by atoms with E-state index < -0.39 is 30.2 Å². The van der Waals surface area contributed by atoms with E-state index in [0.717, 1.165) is 23.1 Å². The van der Waals surface area contributed by atoms with Crippen LogP contribution >= 0.6 is 11.3 Å². The van der Waals surface area contributed by atoms with Crippen molar-refractivity contribution in [1.82, 2.24) is 14.8 Å². The van der Waals surface area contributed by atoms with Gasteiger partial charge in [0.25, 0.3) is 5.91 Å². The molecular weight excluding hydrogens is 397 g/mol. The van der Waals surface area contributed by atoms with Crippen molar-refractivity contribution in [3.8, 4) is 5.69 Å². The Morgan fingerprint density at radius 2 is 2.07 bits per heavy atom. The zero-order valence-electron chi connectivity index (χ0n) is 14.1. The van der Waals surface area contributed by atoms with Crippen LogP contribution < -0.4 is 5.32 Å². The first kappa shape index (κ1) is 19.5. The summed E-state index contributed by atoms with van der Waals surface area (Å²) in [6.07, 6.45) is -2.10. The number of amides is 1. The van der Waals surface area contributed by atoms with Gasteiger partial charge in [-0.2, -0.15) is 18.3 Å². The molecular formula is C17H13F3N4O3S. The van der Waals surface area contributed by atoms with Crippen LogP contribution in [0.2, 0.25) is 0 Å². The van der Waals surface area contributed by atoms with E-state index in [1.165, 1.54) is 28.7 Å². The summed E-state index contributed by atoms with van der Waals surface area (Å²) in [6, 6.07) is 6.34. The van der Waals surface area contributed by atoms with Gasteiger partial charge < -0.3 is 10.1 Å². The Bertz CT molecular complexity index is 957. The molecule has 0 aliphatic rings. The van der Waals surface area contributed by atoms with Gasteiger partial charge in [-0.3, -0.25) is 9.59 Å². The summed E-state index contributed by atoms with van der Waals surface area (Å²) in [5.41, 5.74) is -0.898. The average molecular weight is 410 g/mol. The van der Waals surface area contributed by atoms with Gasteiger partial charge in [-0.1, -0.05) is 6.07 Å². The van der Waals surface area contributed by atoms with Gasteiger partial charge in [-0.05, 0) is 29.6 Å². The van der Waals surface area contributed by atoms with Crippen LogP contribution in [0.4, 0.5) is 18.9 Å². The van der Waals surface area contributed by atoms with Crippen LogP contribution in [0, 0.1) is 0 Å². The van der Waals surface area contributed by atoms with Gasteiger partial charge in [-0.15, -0.1) is 11.3 Å². The van der Waals surface area contributed by atoms with Crippen molar-refractivity contribution in [3.63, 3.8) is 0 Å². The zero-order chi connectivity index (χ0) is 20.1. The number of halogens is 3.